The van der Waals surface area contributed by atoms with Gasteiger partial charge < -0.3 is 9.73 Å². The Morgan fingerprint density at radius 1 is 1.29 bits per heavy atom. The molecule has 21 heavy (non-hydrogen) atoms. The van der Waals surface area contributed by atoms with Crippen molar-refractivity contribution in [1.82, 2.24) is 0 Å². The molecule has 3 rings (SSSR count). The van der Waals surface area contributed by atoms with Crippen LogP contribution in [0.15, 0.2) is 27.4 Å². The second-order valence-electron chi connectivity index (χ2n) is 5.51. The number of rotatable bonds is 0. The minimum atomic E-state index is -4.58. The van der Waals surface area contributed by atoms with Crippen molar-refractivity contribution < 1.29 is 17.6 Å². The first-order chi connectivity index (χ1) is 9.84. The summed E-state index contributed by atoms with van der Waals surface area (Å²) in [6.45, 7) is 2.83. The number of hydrogen-bond donors (Lipinski definition) is 1. The molecular formula is C15H14F3NO2. The molecule has 0 aliphatic carbocycles. The van der Waals surface area contributed by atoms with Gasteiger partial charge in [-0.05, 0) is 30.4 Å². The van der Waals surface area contributed by atoms with E-state index in [4.69, 9.17) is 4.42 Å². The maximum absolute atomic E-state index is 13.1. The van der Waals surface area contributed by atoms with E-state index in [0.29, 0.717) is 18.4 Å². The molecule has 6 heteroatoms. The average Bonchev–Trinajstić information content (AvgIpc) is 2.57. The molecule has 0 amide bonds. The Morgan fingerprint density at radius 2 is 2.05 bits per heavy atom. The zero-order chi connectivity index (χ0) is 15.2. The van der Waals surface area contributed by atoms with E-state index in [-0.39, 0.29) is 11.0 Å². The van der Waals surface area contributed by atoms with Crippen LogP contribution in [0.4, 0.5) is 18.9 Å². The number of fused-ring (bicyclic) bond motifs is 2. The number of nitrogens with one attached hydrogen (secondary N) is 1. The number of hydrogen-bond acceptors (Lipinski definition) is 3. The van der Waals surface area contributed by atoms with Crippen molar-refractivity contribution in [1.29, 1.82) is 0 Å². The highest BCUT2D eigenvalue weighted by Gasteiger charge is 2.34. The summed E-state index contributed by atoms with van der Waals surface area (Å²) in [4.78, 5) is 11.4. The molecule has 1 aliphatic heterocycles. The maximum Gasteiger partial charge on any atom is 0.417 e. The summed E-state index contributed by atoms with van der Waals surface area (Å²) in [7, 11) is 0. The number of aryl methyl sites for hydroxylation is 1. The summed E-state index contributed by atoms with van der Waals surface area (Å²) in [5.74, 6) is 0.439. The van der Waals surface area contributed by atoms with E-state index in [1.54, 1.807) is 0 Å². The fourth-order valence-corrected chi connectivity index (χ4v) is 2.65. The van der Waals surface area contributed by atoms with Gasteiger partial charge in [0.05, 0.1) is 5.56 Å². The van der Waals surface area contributed by atoms with Gasteiger partial charge in [0.2, 0.25) is 0 Å². The minimum absolute atomic E-state index is 0.0318. The first-order valence-electron chi connectivity index (χ1n) is 6.76. The monoisotopic (exact) mass is 297 g/mol. The Morgan fingerprint density at radius 3 is 2.76 bits per heavy atom. The van der Waals surface area contributed by atoms with Gasteiger partial charge in [-0.2, -0.15) is 13.2 Å². The number of halogens is 3. The fourth-order valence-electron chi connectivity index (χ4n) is 2.65. The predicted octanol–water partition coefficient (Wildman–Crippen LogP) is 3.81. The summed E-state index contributed by atoms with van der Waals surface area (Å²) in [5, 5.41) is 3.14. The maximum atomic E-state index is 13.1. The largest absolute Gasteiger partial charge is 0.423 e. The van der Waals surface area contributed by atoms with Crippen molar-refractivity contribution in [3.8, 4) is 0 Å². The highest BCUT2D eigenvalue weighted by molar-refractivity contribution is 5.85. The van der Waals surface area contributed by atoms with Gasteiger partial charge in [-0.25, -0.2) is 4.79 Å². The summed E-state index contributed by atoms with van der Waals surface area (Å²) < 4.78 is 44.2. The predicted molar refractivity (Wildman–Crippen MR) is 73.5 cm³/mol. The second kappa shape index (κ2) is 4.79. The van der Waals surface area contributed by atoms with Gasteiger partial charge in [0, 0.05) is 29.8 Å². The Balaban J connectivity index is 2.26. The highest BCUT2D eigenvalue weighted by atomic mass is 19.4. The fraction of sp³-hybridized carbons (Fsp3) is 0.400. The second-order valence-corrected chi connectivity index (χ2v) is 5.51. The van der Waals surface area contributed by atoms with Gasteiger partial charge in [-0.15, -0.1) is 0 Å². The molecule has 2 heterocycles. The molecule has 1 atom stereocenters. The molecule has 0 saturated heterocycles. The molecule has 0 fully saturated rings. The zero-order valence-corrected chi connectivity index (χ0v) is 11.4. The first-order valence-corrected chi connectivity index (χ1v) is 6.76. The molecule has 1 N–H and O–H groups in total. The van der Waals surface area contributed by atoms with E-state index >= 15 is 0 Å². The molecule has 112 valence electrons. The van der Waals surface area contributed by atoms with E-state index < -0.39 is 17.4 Å². The molecule has 0 bridgehead atoms. The normalized spacial score (nSPS) is 19.0. The van der Waals surface area contributed by atoms with Crippen molar-refractivity contribution in [2.45, 2.75) is 25.9 Å². The number of anilines is 1. The van der Waals surface area contributed by atoms with Crippen molar-refractivity contribution in [3.05, 3.63) is 39.7 Å². The van der Waals surface area contributed by atoms with E-state index in [1.165, 1.54) is 12.1 Å². The molecule has 1 unspecified atom stereocenters. The zero-order valence-electron chi connectivity index (χ0n) is 11.4. The minimum Gasteiger partial charge on any atom is -0.423 e. The Hall–Kier alpha value is -1.98. The van der Waals surface area contributed by atoms with Crippen molar-refractivity contribution >= 4 is 16.7 Å². The third-order valence-corrected chi connectivity index (χ3v) is 3.82. The Bertz CT molecular complexity index is 749. The molecular weight excluding hydrogens is 283 g/mol. The smallest absolute Gasteiger partial charge is 0.417 e. The molecule has 1 aliphatic rings. The third kappa shape index (κ3) is 2.62. The SMILES string of the molecule is CC1CCc2cc3c(C(F)(F)F)cc(=O)oc3cc2NC1. The van der Waals surface area contributed by atoms with Crippen LogP contribution in [0.5, 0.6) is 0 Å². The quantitative estimate of drug-likeness (QED) is 0.752. The van der Waals surface area contributed by atoms with Crippen LogP contribution in [0.1, 0.15) is 24.5 Å². The van der Waals surface area contributed by atoms with Crippen LogP contribution >= 0.6 is 0 Å². The third-order valence-electron chi connectivity index (χ3n) is 3.82. The summed E-state index contributed by atoms with van der Waals surface area (Å²) in [6, 6.07) is 3.50. The van der Waals surface area contributed by atoms with Gasteiger partial charge in [0.25, 0.3) is 0 Å². The molecule has 0 saturated carbocycles. The van der Waals surface area contributed by atoms with Gasteiger partial charge in [-0.1, -0.05) is 6.92 Å². The van der Waals surface area contributed by atoms with E-state index in [0.717, 1.165) is 24.2 Å². The van der Waals surface area contributed by atoms with Gasteiger partial charge in [0.1, 0.15) is 5.58 Å². The van der Waals surface area contributed by atoms with Crippen molar-refractivity contribution in [2.75, 3.05) is 11.9 Å². The Labute approximate surface area is 118 Å². The topological polar surface area (TPSA) is 42.2 Å². The van der Waals surface area contributed by atoms with E-state index in [1.807, 2.05) is 0 Å². The van der Waals surface area contributed by atoms with E-state index in [2.05, 4.69) is 12.2 Å². The summed E-state index contributed by atoms with van der Waals surface area (Å²) in [5.41, 5.74) is -0.387. The van der Waals surface area contributed by atoms with Crippen LogP contribution in [0.2, 0.25) is 0 Å². The van der Waals surface area contributed by atoms with Gasteiger partial charge >= 0.3 is 11.8 Å². The van der Waals surface area contributed by atoms with Crippen LogP contribution in [-0.2, 0) is 12.6 Å². The lowest BCUT2D eigenvalue weighted by Crippen LogP contribution is -2.11. The molecule has 0 spiro atoms. The average molecular weight is 297 g/mol. The van der Waals surface area contributed by atoms with Crippen molar-refractivity contribution in [3.63, 3.8) is 0 Å². The van der Waals surface area contributed by atoms with Gasteiger partial charge in [0.15, 0.2) is 0 Å². The molecule has 2 aromatic rings. The molecule has 1 aromatic carbocycles. The first kappa shape index (κ1) is 14.0. The lowest BCUT2D eigenvalue weighted by molar-refractivity contribution is -0.136. The van der Waals surface area contributed by atoms with E-state index in [9.17, 15) is 18.0 Å². The van der Waals surface area contributed by atoms with Crippen molar-refractivity contribution in [2.24, 2.45) is 5.92 Å². The van der Waals surface area contributed by atoms with Crippen LogP contribution in [0.3, 0.4) is 0 Å². The number of alkyl halides is 3. The van der Waals surface area contributed by atoms with Gasteiger partial charge in [-0.3, -0.25) is 0 Å². The lowest BCUT2D eigenvalue weighted by atomic mass is 10.00. The van der Waals surface area contributed by atoms with Crippen LogP contribution in [-0.4, -0.2) is 6.54 Å². The highest BCUT2D eigenvalue weighted by Crippen LogP contribution is 2.36. The summed E-state index contributed by atoms with van der Waals surface area (Å²) >= 11 is 0. The number of benzene rings is 1. The molecule has 1 aromatic heterocycles. The Kier molecular flexibility index (Phi) is 3.19. The van der Waals surface area contributed by atoms with Crippen LogP contribution < -0.4 is 10.9 Å². The standard InChI is InChI=1S/C15H14F3NO2/c1-8-2-3-9-4-10-11(15(16,17)18)5-14(20)21-13(10)6-12(9)19-7-8/h4-6,8,19H,2-3,7H2,1H3. The van der Waals surface area contributed by atoms with Crippen LogP contribution in [0, 0.1) is 5.92 Å². The molecule has 0 radical (unpaired) electrons. The molecule has 3 nitrogen and oxygen atoms in total. The lowest BCUT2D eigenvalue weighted by Gasteiger charge is -2.13. The summed E-state index contributed by atoms with van der Waals surface area (Å²) in [6.07, 6.45) is -2.96. The van der Waals surface area contributed by atoms with Crippen LogP contribution in [0.25, 0.3) is 11.0 Å².